The van der Waals surface area contributed by atoms with Crippen LogP contribution >= 0.6 is 0 Å². The number of aromatic nitrogens is 1. The van der Waals surface area contributed by atoms with Gasteiger partial charge in [-0.1, -0.05) is 18.2 Å². The number of amides is 1. The van der Waals surface area contributed by atoms with Gasteiger partial charge in [-0.3, -0.25) is 9.78 Å². The standard InChI is InChI=1S/C16H17N3O/c20-16(9-12-3-2-7-17-10-12)19-15-5-1-4-13-11-18-8-6-14(13)15/h1-5,7,10,18H,6,8-9,11H2,(H,19,20). The second-order valence-electron chi connectivity index (χ2n) is 4.96. The maximum atomic E-state index is 12.1. The summed E-state index contributed by atoms with van der Waals surface area (Å²) in [6.07, 6.45) is 4.75. The first-order chi connectivity index (χ1) is 9.83. The highest BCUT2D eigenvalue weighted by Crippen LogP contribution is 2.23. The number of carbonyl (C=O) groups excluding carboxylic acids is 1. The second-order valence-corrected chi connectivity index (χ2v) is 4.96. The van der Waals surface area contributed by atoms with Crippen LogP contribution in [0.15, 0.2) is 42.7 Å². The molecule has 0 unspecified atom stereocenters. The maximum Gasteiger partial charge on any atom is 0.228 e. The van der Waals surface area contributed by atoms with Crippen molar-refractivity contribution in [1.29, 1.82) is 0 Å². The average Bonchev–Trinajstić information content (AvgIpc) is 2.48. The quantitative estimate of drug-likeness (QED) is 0.893. The zero-order chi connectivity index (χ0) is 13.8. The molecule has 2 heterocycles. The Kier molecular flexibility index (Phi) is 3.74. The molecule has 0 fully saturated rings. The number of fused-ring (bicyclic) bond motifs is 1. The molecular weight excluding hydrogens is 250 g/mol. The Bertz CT molecular complexity index is 610. The summed E-state index contributed by atoms with van der Waals surface area (Å²) in [7, 11) is 0. The number of hydrogen-bond donors (Lipinski definition) is 2. The van der Waals surface area contributed by atoms with Crippen LogP contribution in [0.2, 0.25) is 0 Å². The molecule has 102 valence electrons. The Labute approximate surface area is 118 Å². The largest absolute Gasteiger partial charge is 0.326 e. The molecule has 0 aliphatic carbocycles. The summed E-state index contributed by atoms with van der Waals surface area (Å²) in [6, 6.07) is 9.84. The summed E-state index contributed by atoms with van der Waals surface area (Å²) in [4.78, 5) is 16.1. The zero-order valence-corrected chi connectivity index (χ0v) is 11.2. The monoisotopic (exact) mass is 267 g/mol. The van der Waals surface area contributed by atoms with Gasteiger partial charge in [-0.25, -0.2) is 0 Å². The van der Waals surface area contributed by atoms with Crippen molar-refractivity contribution in [2.75, 3.05) is 11.9 Å². The Morgan fingerprint density at radius 1 is 1.30 bits per heavy atom. The van der Waals surface area contributed by atoms with Crippen molar-refractivity contribution in [2.45, 2.75) is 19.4 Å². The highest BCUT2D eigenvalue weighted by atomic mass is 16.1. The van der Waals surface area contributed by atoms with Crippen molar-refractivity contribution in [2.24, 2.45) is 0 Å². The van der Waals surface area contributed by atoms with Crippen LogP contribution in [-0.4, -0.2) is 17.4 Å². The van der Waals surface area contributed by atoms with Gasteiger partial charge in [-0.05, 0) is 41.8 Å². The van der Waals surface area contributed by atoms with Gasteiger partial charge in [-0.2, -0.15) is 0 Å². The molecule has 0 spiro atoms. The van der Waals surface area contributed by atoms with E-state index < -0.39 is 0 Å². The molecule has 0 bridgehead atoms. The topological polar surface area (TPSA) is 54.0 Å². The third kappa shape index (κ3) is 2.86. The maximum absolute atomic E-state index is 12.1. The lowest BCUT2D eigenvalue weighted by Gasteiger charge is -2.20. The van der Waals surface area contributed by atoms with Crippen LogP contribution in [0, 0.1) is 0 Å². The summed E-state index contributed by atoms with van der Waals surface area (Å²) in [5, 5.41) is 6.36. The van der Waals surface area contributed by atoms with Gasteiger partial charge in [0.05, 0.1) is 6.42 Å². The van der Waals surface area contributed by atoms with Crippen molar-refractivity contribution in [3.63, 3.8) is 0 Å². The van der Waals surface area contributed by atoms with Crippen molar-refractivity contribution in [3.8, 4) is 0 Å². The summed E-state index contributed by atoms with van der Waals surface area (Å²) >= 11 is 0. The molecule has 2 aromatic rings. The van der Waals surface area contributed by atoms with Crippen LogP contribution in [0.3, 0.4) is 0 Å². The molecule has 1 amide bonds. The predicted molar refractivity (Wildman–Crippen MR) is 78.4 cm³/mol. The van der Waals surface area contributed by atoms with E-state index in [9.17, 15) is 4.79 Å². The van der Waals surface area contributed by atoms with Gasteiger partial charge < -0.3 is 10.6 Å². The Morgan fingerprint density at radius 2 is 2.25 bits per heavy atom. The van der Waals surface area contributed by atoms with E-state index in [1.165, 1.54) is 11.1 Å². The smallest absolute Gasteiger partial charge is 0.228 e. The predicted octanol–water partition coefficient (Wildman–Crippen LogP) is 1.91. The third-order valence-electron chi connectivity index (χ3n) is 3.50. The van der Waals surface area contributed by atoms with Gasteiger partial charge in [-0.15, -0.1) is 0 Å². The van der Waals surface area contributed by atoms with Crippen LogP contribution in [0.25, 0.3) is 0 Å². The minimum absolute atomic E-state index is 0.00457. The summed E-state index contributed by atoms with van der Waals surface area (Å²) in [5.74, 6) is 0.00457. The molecule has 0 saturated heterocycles. The van der Waals surface area contributed by atoms with E-state index in [-0.39, 0.29) is 5.91 Å². The molecular formula is C16H17N3O. The fourth-order valence-electron chi connectivity index (χ4n) is 2.53. The highest BCUT2D eigenvalue weighted by Gasteiger charge is 2.14. The molecule has 1 aliphatic rings. The van der Waals surface area contributed by atoms with Crippen molar-refractivity contribution in [1.82, 2.24) is 10.3 Å². The lowest BCUT2D eigenvalue weighted by Crippen LogP contribution is -2.25. The van der Waals surface area contributed by atoms with Gasteiger partial charge in [0.2, 0.25) is 5.91 Å². The van der Waals surface area contributed by atoms with Crippen molar-refractivity contribution < 1.29 is 4.79 Å². The average molecular weight is 267 g/mol. The normalized spacial score (nSPS) is 13.6. The van der Waals surface area contributed by atoms with E-state index in [0.717, 1.165) is 30.8 Å². The van der Waals surface area contributed by atoms with E-state index in [2.05, 4.69) is 21.7 Å². The van der Waals surface area contributed by atoms with E-state index >= 15 is 0 Å². The van der Waals surface area contributed by atoms with Crippen molar-refractivity contribution in [3.05, 3.63) is 59.4 Å². The molecule has 0 radical (unpaired) electrons. The fraction of sp³-hybridized carbons (Fsp3) is 0.250. The molecule has 4 heteroatoms. The Balaban J connectivity index is 1.73. The number of benzene rings is 1. The number of pyridine rings is 1. The third-order valence-corrected chi connectivity index (χ3v) is 3.50. The van der Waals surface area contributed by atoms with E-state index in [0.29, 0.717) is 6.42 Å². The number of nitrogens with one attached hydrogen (secondary N) is 2. The first kappa shape index (κ1) is 12.8. The Hall–Kier alpha value is -2.20. The first-order valence-corrected chi connectivity index (χ1v) is 6.83. The molecule has 4 nitrogen and oxygen atoms in total. The number of nitrogens with zero attached hydrogens (tertiary/aromatic N) is 1. The molecule has 20 heavy (non-hydrogen) atoms. The second kappa shape index (κ2) is 5.84. The number of anilines is 1. The van der Waals surface area contributed by atoms with Crippen LogP contribution < -0.4 is 10.6 Å². The SMILES string of the molecule is O=C(Cc1cccnc1)Nc1cccc2c1CCNC2. The van der Waals surface area contributed by atoms with Crippen LogP contribution in [0.4, 0.5) is 5.69 Å². The lowest BCUT2D eigenvalue weighted by molar-refractivity contribution is -0.115. The summed E-state index contributed by atoms with van der Waals surface area (Å²) in [6.45, 7) is 1.84. The van der Waals surface area contributed by atoms with Gasteiger partial charge in [0.1, 0.15) is 0 Å². The van der Waals surface area contributed by atoms with Gasteiger partial charge >= 0.3 is 0 Å². The van der Waals surface area contributed by atoms with Crippen molar-refractivity contribution >= 4 is 11.6 Å². The van der Waals surface area contributed by atoms with Crippen LogP contribution in [0.1, 0.15) is 16.7 Å². The molecule has 1 aliphatic heterocycles. The summed E-state index contributed by atoms with van der Waals surface area (Å²) in [5.41, 5.74) is 4.40. The molecule has 2 N–H and O–H groups in total. The molecule has 3 rings (SSSR count). The van der Waals surface area contributed by atoms with E-state index in [4.69, 9.17) is 0 Å². The molecule has 1 aromatic carbocycles. The first-order valence-electron chi connectivity index (χ1n) is 6.83. The van der Waals surface area contributed by atoms with Gasteiger partial charge in [0.25, 0.3) is 0 Å². The van der Waals surface area contributed by atoms with E-state index in [1.807, 2.05) is 24.3 Å². The molecule has 0 saturated carbocycles. The van der Waals surface area contributed by atoms with E-state index in [1.54, 1.807) is 12.4 Å². The highest BCUT2D eigenvalue weighted by molar-refractivity contribution is 5.93. The fourth-order valence-corrected chi connectivity index (χ4v) is 2.53. The zero-order valence-electron chi connectivity index (χ0n) is 11.2. The number of rotatable bonds is 3. The lowest BCUT2D eigenvalue weighted by atomic mass is 9.99. The molecule has 1 aromatic heterocycles. The van der Waals surface area contributed by atoms with Crippen LogP contribution in [0.5, 0.6) is 0 Å². The minimum Gasteiger partial charge on any atom is -0.326 e. The number of carbonyl (C=O) groups is 1. The van der Waals surface area contributed by atoms with Crippen LogP contribution in [-0.2, 0) is 24.2 Å². The molecule has 0 atom stereocenters. The van der Waals surface area contributed by atoms with Gasteiger partial charge in [0.15, 0.2) is 0 Å². The summed E-state index contributed by atoms with van der Waals surface area (Å²) < 4.78 is 0. The number of hydrogen-bond acceptors (Lipinski definition) is 3. The minimum atomic E-state index is 0.00457. The van der Waals surface area contributed by atoms with Gasteiger partial charge in [0, 0.05) is 24.6 Å². The Morgan fingerprint density at radius 3 is 3.10 bits per heavy atom.